The number of amides is 2. The normalized spacial score (nSPS) is 9.65. The summed E-state index contributed by atoms with van der Waals surface area (Å²) in [6.45, 7) is 0. The monoisotopic (exact) mass is 269 g/mol. The van der Waals surface area contributed by atoms with Gasteiger partial charge in [0, 0.05) is 12.7 Å². The number of urea groups is 1. The first kappa shape index (κ1) is 13.6. The molecule has 0 bridgehead atoms. The molecule has 0 spiro atoms. The molecule has 0 fully saturated rings. The first-order chi connectivity index (χ1) is 9.61. The predicted octanol–water partition coefficient (Wildman–Crippen LogP) is 3.37. The molecule has 0 aliphatic heterocycles. The first-order valence-corrected chi connectivity index (χ1v) is 5.91. The van der Waals surface area contributed by atoms with Crippen molar-refractivity contribution >= 4 is 17.4 Å². The summed E-state index contributed by atoms with van der Waals surface area (Å²) in [4.78, 5) is 13.3. The van der Waals surface area contributed by atoms with Gasteiger partial charge in [0.25, 0.3) is 0 Å². The summed E-state index contributed by atoms with van der Waals surface area (Å²) >= 11 is 0. The van der Waals surface area contributed by atoms with E-state index >= 15 is 0 Å². The lowest BCUT2D eigenvalue weighted by Gasteiger charge is -2.18. The molecule has 2 aromatic rings. The van der Waals surface area contributed by atoms with E-state index in [1.807, 2.05) is 6.07 Å². The van der Waals surface area contributed by atoms with Crippen LogP contribution >= 0.6 is 0 Å². The maximum Gasteiger partial charge on any atom is 0.326 e. The summed E-state index contributed by atoms with van der Waals surface area (Å²) in [7, 11) is 1.57. The van der Waals surface area contributed by atoms with Gasteiger partial charge < -0.3 is 5.32 Å². The van der Waals surface area contributed by atoms with Crippen molar-refractivity contribution in [2.45, 2.75) is 0 Å². The molecule has 4 nitrogen and oxygen atoms in total. The molecule has 100 valence electrons. The van der Waals surface area contributed by atoms with Crippen molar-refractivity contribution in [3.8, 4) is 6.07 Å². The standard InChI is InChI=1S/C15H12FN3O/c1-19(12-8-6-11(10-17)7-9-12)15(20)18-14-5-3-2-4-13(14)16/h2-9H,1H3,(H,18,20). The van der Waals surface area contributed by atoms with E-state index < -0.39 is 11.8 Å². The van der Waals surface area contributed by atoms with Crippen LogP contribution in [0.1, 0.15) is 5.56 Å². The third kappa shape index (κ3) is 2.93. The van der Waals surface area contributed by atoms with E-state index in [4.69, 9.17) is 5.26 Å². The van der Waals surface area contributed by atoms with Crippen LogP contribution in [-0.4, -0.2) is 13.1 Å². The highest BCUT2D eigenvalue weighted by atomic mass is 19.1. The Morgan fingerprint density at radius 3 is 2.45 bits per heavy atom. The number of carbonyl (C=O) groups excluding carboxylic acids is 1. The number of nitriles is 1. The second-order valence-electron chi connectivity index (χ2n) is 4.13. The lowest BCUT2D eigenvalue weighted by molar-refractivity contribution is 0.258. The number of rotatable bonds is 2. The first-order valence-electron chi connectivity index (χ1n) is 5.91. The molecule has 2 amide bonds. The molecule has 0 saturated carbocycles. The summed E-state index contributed by atoms with van der Waals surface area (Å²) in [6.07, 6.45) is 0. The van der Waals surface area contributed by atoms with Crippen LogP contribution in [0.2, 0.25) is 0 Å². The van der Waals surface area contributed by atoms with Gasteiger partial charge in [0.15, 0.2) is 0 Å². The molecule has 1 N–H and O–H groups in total. The number of benzene rings is 2. The van der Waals surface area contributed by atoms with Crippen molar-refractivity contribution in [3.63, 3.8) is 0 Å². The molecule has 0 aliphatic rings. The quantitative estimate of drug-likeness (QED) is 0.908. The molecule has 0 aliphatic carbocycles. The van der Waals surface area contributed by atoms with Gasteiger partial charge in [0.2, 0.25) is 0 Å². The van der Waals surface area contributed by atoms with Crippen LogP contribution in [0.25, 0.3) is 0 Å². The molecule has 0 radical (unpaired) electrons. The predicted molar refractivity (Wildman–Crippen MR) is 75.0 cm³/mol. The van der Waals surface area contributed by atoms with Crippen LogP contribution in [0.4, 0.5) is 20.6 Å². The van der Waals surface area contributed by atoms with E-state index in [2.05, 4.69) is 5.32 Å². The molecular weight excluding hydrogens is 257 g/mol. The topological polar surface area (TPSA) is 56.1 Å². The van der Waals surface area contributed by atoms with Crippen LogP contribution in [0, 0.1) is 17.1 Å². The van der Waals surface area contributed by atoms with E-state index in [9.17, 15) is 9.18 Å². The van der Waals surface area contributed by atoms with Gasteiger partial charge in [-0.3, -0.25) is 4.90 Å². The van der Waals surface area contributed by atoms with Gasteiger partial charge in [-0.2, -0.15) is 5.26 Å². The molecule has 0 atom stereocenters. The molecule has 0 heterocycles. The number of anilines is 2. The number of halogens is 1. The molecule has 0 aromatic heterocycles. The molecule has 2 aromatic carbocycles. The third-order valence-corrected chi connectivity index (χ3v) is 2.80. The molecule has 20 heavy (non-hydrogen) atoms. The van der Waals surface area contributed by atoms with E-state index in [0.29, 0.717) is 11.3 Å². The minimum atomic E-state index is -0.492. The Bertz CT molecular complexity index is 662. The largest absolute Gasteiger partial charge is 0.326 e. The summed E-state index contributed by atoms with van der Waals surface area (Å²) in [6, 6.07) is 14.0. The minimum absolute atomic E-state index is 0.123. The highest BCUT2D eigenvalue weighted by Crippen LogP contribution is 2.17. The second kappa shape index (κ2) is 5.85. The number of carbonyl (C=O) groups is 1. The van der Waals surface area contributed by atoms with Crippen LogP contribution in [0.15, 0.2) is 48.5 Å². The summed E-state index contributed by atoms with van der Waals surface area (Å²) in [5.41, 5.74) is 1.24. The van der Waals surface area contributed by atoms with Crippen molar-refractivity contribution in [3.05, 3.63) is 59.9 Å². The smallest absolute Gasteiger partial charge is 0.305 e. The summed E-state index contributed by atoms with van der Waals surface area (Å²) in [5, 5.41) is 11.2. The number of nitrogens with zero attached hydrogens (tertiary/aromatic N) is 2. The lowest BCUT2D eigenvalue weighted by Crippen LogP contribution is -2.31. The number of hydrogen-bond donors (Lipinski definition) is 1. The second-order valence-corrected chi connectivity index (χ2v) is 4.13. The van der Waals surface area contributed by atoms with Crippen molar-refractivity contribution in [2.24, 2.45) is 0 Å². The Balaban J connectivity index is 2.12. The van der Waals surface area contributed by atoms with Crippen LogP contribution in [0.3, 0.4) is 0 Å². The molecule has 0 unspecified atom stereocenters. The highest BCUT2D eigenvalue weighted by Gasteiger charge is 2.12. The van der Waals surface area contributed by atoms with E-state index in [0.717, 1.165) is 0 Å². The summed E-state index contributed by atoms with van der Waals surface area (Å²) < 4.78 is 13.4. The number of hydrogen-bond acceptors (Lipinski definition) is 2. The molecule has 2 rings (SSSR count). The fourth-order valence-corrected chi connectivity index (χ4v) is 1.64. The summed E-state index contributed by atoms with van der Waals surface area (Å²) in [5.74, 6) is -0.492. The maximum absolute atomic E-state index is 13.4. The zero-order valence-corrected chi connectivity index (χ0v) is 10.8. The van der Waals surface area contributed by atoms with Gasteiger partial charge >= 0.3 is 6.03 Å². The van der Waals surface area contributed by atoms with Gasteiger partial charge in [-0.15, -0.1) is 0 Å². The Morgan fingerprint density at radius 1 is 1.20 bits per heavy atom. The van der Waals surface area contributed by atoms with Crippen molar-refractivity contribution in [2.75, 3.05) is 17.3 Å². The van der Waals surface area contributed by atoms with Crippen molar-refractivity contribution < 1.29 is 9.18 Å². The zero-order chi connectivity index (χ0) is 14.5. The number of para-hydroxylation sites is 1. The Hall–Kier alpha value is -2.87. The van der Waals surface area contributed by atoms with Gasteiger partial charge in [-0.25, -0.2) is 9.18 Å². The van der Waals surface area contributed by atoms with Crippen LogP contribution < -0.4 is 10.2 Å². The van der Waals surface area contributed by atoms with Crippen LogP contribution in [-0.2, 0) is 0 Å². The SMILES string of the molecule is CN(C(=O)Nc1ccccc1F)c1ccc(C#N)cc1. The van der Waals surface area contributed by atoms with Gasteiger partial charge in [-0.1, -0.05) is 12.1 Å². The van der Waals surface area contributed by atoms with Gasteiger partial charge in [-0.05, 0) is 36.4 Å². The molecule has 0 saturated heterocycles. The van der Waals surface area contributed by atoms with Crippen molar-refractivity contribution in [1.29, 1.82) is 5.26 Å². The van der Waals surface area contributed by atoms with Crippen LogP contribution in [0.5, 0.6) is 0 Å². The Labute approximate surface area is 116 Å². The fraction of sp³-hybridized carbons (Fsp3) is 0.0667. The zero-order valence-electron chi connectivity index (χ0n) is 10.8. The average Bonchev–Trinajstić information content (AvgIpc) is 2.49. The molecule has 5 heteroatoms. The lowest BCUT2D eigenvalue weighted by atomic mass is 10.2. The van der Waals surface area contributed by atoms with E-state index in [1.54, 1.807) is 43.4 Å². The minimum Gasteiger partial charge on any atom is -0.305 e. The fourth-order valence-electron chi connectivity index (χ4n) is 1.64. The van der Waals surface area contributed by atoms with Crippen molar-refractivity contribution in [1.82, 2.24) is 0 Å². The van der Waals surface area contributed by atoms with E-state index in [-0.39, 0.29) is 5.69 Å². The average molecular weight is 269 g/mol. The molecular formula is C15H12FN3O. The van der Waals surface area contributed by atoms with Gasteiger partial charge in [0.1, 0.15) is 5.82 Å². The highest BCUT2D eigenvalue weighted by molar-refractivity contribution is 6.01. The third-order valence-electron chi connectivity index (χ3n) is 2.80. The number of nitrogens with one attached hydrogen (secondary N) is 1. The Morgan fingerprint density at radius 2 is 1.85 bits per heavy atom. The van der Waals surface area contributed by atoms with E-state index in [1.165, 1.54) is 17.0 Å². The maximum atomic E-state index is 13.4. The van der Waals surface area contributed by atoms with Gasteiger partial charge in [0.05, 0.1) is 17.3 Å². The Kier molecular flexibility index (Phi) is 3.96.